The average molecular weight is 256 g/mol. The van der Waals surface area contributed by atoms with E-state index in [1.165, 1.54) is 5.56 Å². The van der Waals surface area contributed by atoms with Crippen molar-refractivity contribution in [3.63, 3.8) is 0 Å². The third-order valence-electron chi connectivity index (χ3n) is 2.66. The number of hydrogen-bond acceptors (Lipinski definition) is 1. The standard InChI is InChI=1S/C15H14O2.C2H6/c1-11-3-2-4-14(9-11)13-7-5-12(6-8-13)10-15(16)17;1-2/h2-9H,10H2,1H3,(H,16,17);1-2H3. The molecule has 0 radical (unpaired) electrons. The van der Waals surface area contributed by atoms with Gasteiger partial charge in [-0.3, -0.25) is 4.79 Å². The summed E-state index contributed by atoms with van der Waals surface area (Å²) in [7, 11) is 0. The summed E-state index contributed by atoms with van der Waals surface area (Å²) in [5, 5.41) is 8.69. The van der Waals surface area contributed by atoms with Gasteiger partial charge in [0.15, 0.2) is 0 Å². The lowest BCUT2D eigenvalue weighted by atomic mass is 10.0. The first-order chi connectivity index (χ1) is 9.15. The van der Waals surface area contributed by atoms with E-state index >= 15 is 0 Å². The van der Waals surface area contributed by atoms with Crippen LogP contribution in [0.1, 0.15) is 25.0 Å². The molecule has 0 heterocycles. The Morgan fingerprint density at radius 3 is 2.16 bits per heavy atom. The van der Waals surface area contributed by atoms with Crippen molar-refractivity contribution in [2.45, 2.75) is 27.2 Å². The molecule has 0 aliphatic heterocycles. The molecular weight excluding hydrogens is 236 g/mol. The van der Waals surface area contributed by atoms with Gasteiger partial charge in [-0.05, 0) is 23.6 Å². The molecule has 2 nitrogen and oxygen atoms in total. The third kappa shape index (κ3) is 4.59. The molecule has 2 rings (SSSR count). The summed E-state index contributed by atoms with van der Waals surface area (Å²) in [6.45, 7) is 6.06. The molecule has 0 atom stereocenters. The van der Waals surface area contributed by atoms with Crippen LogP contribution in [0, 0.1) is 6.92 Å². The molecule has 100 valence electrons. The zero-order valence-corrected chi connectivity index (χ0v) is 11.7. The number of carboxylic acid groups (broad SMARTS) is 1. The van der Waals surface area contributed by atoms with Crippen molar-refractivity contribution in [3.05, 3.63) is 59.7 Å². The third-order valence-corrected chi connectivity index (χ3v) is 2.66. The summed E-state index contributed by atoms with van der Waals surface area (Å²) < 4.78 is 0. The molecule has 0 amide bonds. The van der Waals surface area contributed by atoms with E-state index in [1.54, 1.807) is 0 Å². The molecule has 0 fully saturated rings. The summed E-state index contributed by atoms with van der Waals surface area (Å²) >= 11 is 0. The van der Waals surface area contributed by atoms with E-state index < -0.39 is 5.97 Å². The average Bonchev–Trinajstić information content (AvgIpc) is 2.41. The van der Waals surface area contributed by atoms with Crippen molar-refractivity contribution < 1.29 is 9.90 Å². The monoisotopic (exact) mass is 256 g/mol. The number of carboxylic acids is 1. The number of rotatable bonds is 3. The molecule has 0 saturated carbocycles. The van der Waals surface area contributed by atoms with Crippen LogP contribution in [0.4, 0.5) is 0 Å². The minimum atomic E-state index is -0.798. The van der Waals surface area contributed by atoms with E-state index in [2.05, 4.69) is 25.1 Å². The first-order valence-electron chi connectivity index (χ1n) is 6.53. The predicted octanol–water partition coefficient (Wildman–Crippen LogP) is 4.32. The normalized spacial score (nSPS) is 9.42. The Morgan fingerprint density at radius 2 is 1.63 bits per heavy atom. The molecule has 0 aliphatic rings. The van der Waals surface area contributed by atoms with Crippen LogP contribution in [-0.4, -0.2) is 11.1 Å². The van der Waals surface area contributed by atoms with Crippen molar-refractivity contribution in [2.24, 2.45) is 0 Å². The van der Waals surface area contributed by atoms with Gasteiger partial charge in [0.2, 0.25) is 0 Å². The lowest BCUT2D eigenvalue weighted by molar-refractivity contribution is -0.136. The maximum Gasteiger partial charge on any atom is 0.307 e. The second kappa shape index (κ2) is 7.37. The molecule has 0 saturated heterocycles. The van der Waals surface area contributed by atoms with E-state index in [9.17, 15) is 4.79 Å². The van der Waals surface area contributed by atoms with Crippen LogP contribution in [-0.2, 0) is 11.2 Å². The van der Waals surface area contributed by atoms with Gasteiger partial charge in [0.1, 0.15) is 0 Å². The van der Waals surface area contributed by atoms with Gasteiger partial charge in [-0.25, -0.2) is 0 Å². The fraction of sp³-hybridized carbons (Fsp3) is 0.235. The molecule has 0 aromatic heterocycles. The van der Waals surface area contributed by atoms with Gasteiger partial charge in [-0.2, -0.15) is 0 Å². The second-order valence-electron chi connectivity index (χ2n) is 4.14. The lowest BCUT2D eigenvalue weighted by Crippen LogP contribution is -1.99. The molecule has 2 aromatic rings. The molecule has 2 heteroatoms. The zero-order chi connectivity index (χ0) is 14.3. The highest BCUT2D eigenvalue weighted by Crippen LogP contribution is 2.20. The van der Waals surface area contributed by atoms with Crippen LogP contribution < -0.4 is 0 Å². The Hall–Kier alpha value is -2.09. The van der Waals surface area contributed by atoms with Gasteiger partial charge in [-0.15, -0.1) is 0 Å². The van der Waals surface area contributed by atoms with E-state index in [1.807, 2.05) is 44.2 Å². The number of benzene rings is 2. The number of carbonyl (C=O) groups is 1. The Balaban J connectivity index is 0.000000861. The quantitative estimate of drug-likeness (QED) is 0.888. The summed E-state index contributed by atoms with van der Waals surface area (Å²) in [6, 6.07) is 15.9. The van der Waals surface area contributed by atoms with Crippen LogP contribution in [0.15, 0.2) is 48.5 Å². The van der Waals surface area contributed by atoms with Crippen LogP contribution in [0.3, 0.4) is 0 Å². The van der Waals surface area contributed by atoms with E-state index in [0.29, 0.717) is 0 Å². The summed E-state index contributed by atoms with van der Waals surface area (Å²) in [5.41, 5.74) is 4.32. The van der Waals surface area contributed by atoms with Crippen LogP contribution in [0.5, 0.6) is 0 Å². The minimum absolute atomic E-state index is 0.0775. The van der Waals surface area contributed by atoms with Gasteiger partial charge in [0, 0.05) is 0 Å². The molecule has 19 heavy (non-hydrogen) atoms. The predicted molar refractivity (Wildman–Crippen MR) is 79.3 cm³/mol. The van der Waals surface area contributed by atoms with E-state index in [0.717, 1.165) is 16.7 Å². The summed E-state index contributed by atoms with van der Waals surface area (Å²) in [4.78, 5) is 10.6. The zero-order valence-electron chi connectivity index (χ0n) is 11.7. The first-order valence-corrected chi connectivity index (χ1v) is 6.53. The van der Waals surface area contributed by atoms with Gasteiger partial charge >= 0.3 is 5.97 Å². The van der Waals surface area contributed by atoms with E-state index in [-0.39, 0.29) is 6.42 Å². The SMILES string of the molecule is CC.Cc1cccc(-c2ccc(CC(=O)O)cc2)c1. The highest BCUT2D eigenvalue weighted by Gasteiger charge is 2.01. The summed E-state index contributed by atoms with van der Waals surface area (Å²) in [6.07, 6.45) is 0.0775. The first kappa shape index (κ1) is 15.0. The van der Waals surface area contributed by atoms with Crippen LogP contribution >= 0.6 is 0 Å². The topological polar surface area (TPSA) is 37.3 Å². The number of aryl methyl sites for hydroxylation is 1. The van der Waals surface area contributed by atoms with Crippen molar-refractivity contribution in [1.82, 2.24) is 0 Å². The smallest absolute Gasteiger partial charge is 0.307 e. The molecular formula is C17H20O2. The molecule has 2 aromatic carbocycles. The largest absolute Gasteiger partial charge is 0.481 e. The van der Waals surface area contributed by atoms with Gasteiger partial charge in [0.05, 0.1) is 6.42 Å². The summed E-state index contributed by atoms with van der Waals surface area (Å²) in [5.74, 6) is -0.798. The molecule has 0 unspecified atom stereocenters. The molecule has 1 N–H and O–H groups in total. The van der Waals surface area contributed by atoms with E-state index in [4.69, 9.17) is 5.11 Å². The van der Waals surface area contributed by atoms with Gasteiger partial charge < -0.3 is 5.11 Å². The Bertz CT molecular complexity index is 527. The highest BCUT2D eigenvalue weighted by molar-refractivity contribution is 5.71. The lowest BCUT2D eigenvalue weighted by Gasteiger charge is -2.04. The van der Waals surface area contributed by atoms with Crippen molar-refractivity contribution in [1.29, 1.82) is 0 Å². The highest BCUT2D eigenvalue weighted by atomic mass is 16.4. The van der Waals surface area contributed by atoms with Gasteiger partial charge in [0.25, 0.3) is 0 Å². The Morgan fingerprint density at radius 1 is 1.00 bits per heavy atom. The maximum atomic E-state index is 10.6. The fourth-order valence-corrected chi connectivity index (χ4v) is 1.81. The number of hydrogen-bond donors (Lipinski definition) is 1. The molecule has 0 bridgehead atoms. The molecule has 0 spiro atoms. The van der Waals surface area contributed by atoms with Crippen LogP contribution in [0.2, 0.25) is 0 Å². The Kier molecular flexibility index (Phi) is 5.80. The Labute approximate surface area is 114 Å². The molecule has 0 aliphatic carbocycles. The van der Waals surface area contributed by atoms with Crippen molar-refractivity contribution >= 4 is 5.97 Å². The fourth-order valence-electron chi connectivity index (χ4n) is 1.81. The second-order valence-corrected chi connectivity index (χ2v) is 4.14. The van der Waals surface area contributed by atoms with Crippen molar-refractivity contribution in [2.75, 3.05) is 0 Å². The minimum Gasteiger partial charge on any atom is -0.481 e. The number of aliphatic carboxylic acids is 1. The maximum absolute atomic E-state index is 10.6. The van der Waals surface area contributed by atoms with Gasteiger partial charge in [-0.1, -0.05) is 67.9 Å². The van der Waals surface area contributed by atoms with Crippen molar-refractivity contribution in [3.8, 4) is 11.1 Å². The van der Waals surface area contributed by atoms with Crippen LogP contribution in [0.25, 0.3) is 11.1 Å².